The van der Waals surface area contributed by atoms with Gasteiger partial charge in [0, 0.05) is 30.9 Å². The number of hydrogen-bond donors (Lipinski definition) is 1. The third-order valence-electron chi connectivity index (χ3n) is 4.80. The summed E-state index contributed by atoms with van der Waals surface area (Å²) < 4.78 is 32.5. The van der Waals surface area contributed by atoms with E-state index < -0.39 is 20.9 Å². The Bertz CT molecular complexity index is 1050. The highest BCUT2D eigenvalue weighted by atomic mass is 32.2. The summed E-state index contributed by atoms with van der Waals surface area (Å²) in [5, 5.41) is 13.3. The van der Waals surface area contributed by atoms with E-state index in [1.165, 1.54) is 46.8 Å². The number of ether oxygens (including phenoxy) is 1. The highest BCUT2D eigenvalue weighted by molar-refractivity contribution is 7.89. The molecule has 1 heterocycles. The second-order valence-corrected chi connectivity index (χ2v) is 8.97. The van der Waals surface area contributed by atoms with Gasteiger partial charge in [-0.1, -0.05) is 12.5 Å². The Morgan fingerprint density at radius 1 is 1.17 bits per heavy atom. The van der Waals surface area contributed by atoms with Gasteiger partial charge >= 0.3 is 0 Å². The fraction of sp³-hybridized carbons (Fsp3) is 0.350. The van der Waals surface area contributed by atoms with Crippen LogP contribution in [0.5, 0.6) is 5.75 Å². The Morgan fingerprint density at radius 3 is 2.57 bits per heavy atom. The van der Waals surface area contributed by atoms with Crippen LogP contribution in [0.1, 0.15) is 24.8 Å². The lowest BCUT2D eigenvalue weighted by Gasteiger charge is -2.26. The zero-order chi connectivity index (χ0) is 21.7. The molecule has 1 aliphatic rings. The first-order valence-corrected chi connectivity index (χ1v) is 11.0. The van der Waals surface area contributed by atoms with E-state index in [0.29, 0.717) is 24.4 Å². The van der Waals surface area contributed by atoms with Crippen molar-refractivity contribution >= 4 is 27.3 Å². The molecule has 0 aromatic heterocycles. The minimum Gasteiger partial charge on any atom is -0.483 e. The standard InChI is InChI=1S/C20H23N3O6S/c1-15-12-18(30(27,28)22-10-3-2-4-11-22)8-9-19(15)29-14-20(24)21-16-6-5-7-17(13-16)23(25)26/h5-9,12-13H,2-4,10-11,14H2,1H3,(H,21,24). The molecule has 0 atom stereocenters. The van der Waals surface area contributed by atoms with Crippen molar-refractivity contribution in [2.45, 2.75) is 31.1 Å². The van der Waals surface area contributed by atoms with Crippen LogP contribution in [0.15, 0.2) is 47.4 Å². The monoisotopic (exact) mass is 433 g/mol. The number of nitrogens with one attached hydrogen (secondary N) is 1. The molecule has 1 saturated heterocycles. The lowest BCUT2D eigenvalue weighted by atomic mass is 10.2. The zero-order valence-corrected chi connectivity index (χ0v) is 17.4. The van der Waals surface area contributed by atoms with Gasteiger partial charge in [-0.2, -0.15) is 4.31 Å². The molecule has 1 amide bonds. The normalized spacial score (nSPS) is 14.8. The van der Waals surface area contributed by atoms with E-state index >= 15 is 0 Å². The summed E-state index contributed by atoms with van der Waals surface area (Å²) >= 11 is 0. The van der Waals surface area contributed by atoms with Gasteiger partial charge in [-0.25, -0.2) is 8.42 Å². The van der Waals surface area contributed by atoms with E-state index in [-0.39, 0.29) is 22.9 Å². The van der Waals surface area contributed by atoms with Crippen LogP contribution in [-0.2, 0) is 14.8 Å². The zero-order valence-electron chi connectivity index (χ0n) is 16.5. The van der Waals surface area contributed by atoms with Gasteiger partial charge in [0.25, 0.3) is 11.6 Å². The number of benzene rings is 2. The summed E-state index contributed by atoms with van der Waals surface area (Å²) in [6, 6.07) is 10.1. The van der Waals surface area contributed by atoms with Gasteiger partial charge in [-0.05, 0) is 49.6 Å². The number of hydrogen-bond acceptors (Lipinski definition) is 6. The Labute approximate surface area is 174 Å². The second-order valence-electron chi connectivity index (χ2n) is 7.04. The Kier molecular flexibility index (Phi) is 6.68. The quantitative estimate of drug-likeness (QED) is 0.529. The van der Waals surface area contributed by atoms with E-state index in [0.717, 1.165) is 19.3 Å². The Morgan fingerprint density at radius 2 is 1.90 bits per heavy atom. The van der Waals surface area contributed by atoms with Gasteiger partial charge in [0.15, 0.2) is 6.61 Å². The molecular formula is C20H23N3O6S. The predicted octanol–water partition coefficient (Wildman–Crippen LogP) is 3.10. The number of carbonyl (C=O) groups is 1. The fourth-order valence-corrected chi connectivity index (χ4v) is 4.84. The van der Waals surface area contributed by atoms with Gasteiger partial charge in [0.2, 0.25) is 10.0 Å². The minimum absolute atomic E-state index is 0.130. The fourth-order valence-electron chi connectivity index (χ4n) is 3.24. The summed E-state index contributed by atoms with van der Waals surface area (Å²) in [5.41, 5.74) is 0.754. The molecule has 30 heavy (non-hydrogen) atoms. The third-order valence-corrected chi connectivity index (χ3v) is 6.69. The average molecular weight is 433 g/mol. The number of nitro groups is 1. The Balaban J connectivity index is 1.62. The smallest absolute Gasteiger partial charge is 0.271 e. The number of nitro benzene ring substituents is 1. The van der Waals surface area contributed by atoms with E-state index in [1.807, 2.05) is 0 Å². The molecule has 160 valence electrons. The van der Waals surface area contributed by atoms with Crippen molar-refractivity contribution in [2.24, 2.45) is 0 Å². The second kappa shape index (κ2) is 9.23. The van der Waals surface area contributed by atoms with Crippen molar-refractivity contribution in [3.8, 4) is 5.75 Å². The number of nitrogens with zero attached hydrogens (tertiary/aromatic N) is 2. The molecule has 2 aromatic rings. The molecular weight excluding hydrogens is 410 g/mol. The lowest BCUT2D eigenvalue weighted by molar-refractivity contribution is -0.384. The number of non-ortho nitro benzene ring substituents is 1. The largest absolute Gasteiger partial charge is 0.483 e. The minimum atomic E-state index is -3.54. The summed E-state index contributed by atoms with van der Waals surface area (Å²) in [5.74, 6) is -0.0956. The van der Waals surface area contributed by atoms with Gasteiger partial charge in [0.1, 0.15) is 5.75 Å². The molecule has 9 nitrogen and oxygen atoms in total. The number of amides is 1. The molecule has 1 fully saturated rings. The SMILES string of the molecule is Cc1cc(S(=O)(=O)N2CCCCC2)ccc1OCC(=O)Nc1cccc([N+](=O)[O-])c1. The maximum absolute atomic E-state index is 12.8. The molecule has 1 aliphatic heterocycles. The van der Waals surface area contributed by atoms with E-state index in [1.54, 1.807) is 6.92 Å². The number of anilines is 1. The van der Waals surface area contributed by atoms with Crippen LogP contribution >= 0.6 is 0 Å². The van der Waals surface area contributed by atoms with Crippen LogP contribution in [0.2, 0.25) is 0 Å². The molecule has 2 aromatic carbocycles. The summed E-state index contributed by atoms with van der Waals surface area (Å²) in [4.78, 5) is 22.6. The number of piperidine rings is 1. The van der Waals surface area contributed by atoms with Crippen LogP contribution in [0, 0.1) is 17.0 Å². The first kappa shape index (κ1) is 21.7. The molecule has 0 radical (unpaired) electrons. The van der Waals surface area contributed by atoms with E-state index in [2.05, 4.69) is 5.32 Å². The van der Waals surface area contributed by atoms with Crippen molar-refractivity contribution in [3.05, 3.63) is 58.1 Å². The first-order valence-electron chi connectivity index (χ1n) is 9.55. The van der Waals surface area contributed by atoms with E-state index in [4.69, 9.17) is 4.74 Å². The molecule has 10 heteroatoms. The number of carbonyl (C=O) groups excluding carboxylic acids is 1. The predicted molar refractivity (Wildman–Crippen MR) is 111 cm³/mol. The number of sulfonamides is 1. The van der Waals surface area contributed by atoms with Crippen LogP contribution in [0.4, 0.5) is 11.4 Å². The molecule has 1 N–H and O–H groups in total. The maximum atomic E-state index is 12.8. The molecule has 0 bridgehead atoms. The van der Waals surface area contributed by atoms with Crippen molar-refractivity contribution in [2.75, 3.05) is 25.0 Å². The molecule has 0 aliphatic carbocycles. The summed E-state index contributed by atoms with van der Waals surface area (Å²) in [6.45, 7) is 2.44. The maximum Gasteiger partial charge on any atom is 0.271 e. The molecule has 0 unspecified atom stereocenters. The van der Waals surface area contributed by atoms with Crippen molar-refractivity contribution < 1.29 is 22.9 Å². The molecule has 0 saturated carbocycles. The summed E-state index contributed by atoms with van der Waals surface area (Å²) in [7, 11) is -3.54. The van der Waals surface area contributed by atoms with Crippen LogP contribution in [0.25, 0.3) is 0 Å². The lowest BCUT2D eigenvalue weighted by Crippen LogP contribution is -2.35. The van der Waals surface area contributed by atoms with Crippen LogP contribution in [0.3, 0.4) is 0 Å². The van der Waals surface area contributed by atoms with E-state index in [9.17, 15) is 23.3 Å². The van der Waals surface area contributed by atoms with Gasteiger partial charge in [0.05, 0.1) is 9.82 Å². The van der Waals surface area contributed by atoms with Gasteiger partial charge in [-0.15, -0.1) is 0 Å². The Hall–Kier alpha value is -2.98. The van der Waals surface area contributed by atoms with Crippen molar-refractivity contribution in [1.82, 2.24) is 4.31 Å². The van der Waals surface area contributed by atoms with Gasteiger partial charge in [-0.3, -0.25) is 14.9 Å². The summed E-state index contributed by atoms with van der Waals surface area (Å²) in [6.07, 6.45) is 2.76. The van der Waals surface area contributed by atoms with Crippen molar-refractivity contribution in [3.63, 3.8) is 0 Å². The molecule has 3 rings (SSSR count). The highest BCUT2D eigenvalue weighted by Gasteiger charge is 2.26. The highest BCUT2D eigenvalue weighted by Crippen LogP contribution is 2.26. The van der Waals surface area contributed by atoms with Crippen LogP contribution < -0.4 is 10.1 Å². The third kappa shape index (κ3) is 5.14. The molecule has 0 spiro atoms. The number of aryl methyl sites for hydroxylation is 1. The topological polar surface area (TPSA) is 119 Å². The van der Waals surface area contributed by atoms with Crippen molar-refractivity contribution in [1.29, 1.82) is 0 Å². The van der Waals surface area contributed by atoms with Crippen LogP contribution in [-0.4, -0.2) is 43.2 Å². The average Bonchev–Trinajstić information content (AvgIpc) is 2.73. The number of rotatable bonds is 7. The first-order chi connectivity index (χ1) is 14.3. The van der Waals surface area contributed by atoms with Gasteiger partial charge < -0.3 is 10.1 Å².